The molecule has 0 N–H and O–H groups in total. The zero-order valence-electron chi connectivity index (χ0n) is 14.7. The lowest BCUT2D eigenvalue weighted by atomic mass is 9.92. The maximum absolute atomic E-state index is 12.7. The number of likely N-dealkylation sites (N-methyl/N-ethyl adjacent to an activating group) is 1. The molecule has 0 aliphatic carbocycles. The third kappa shape index (κ3) is 3.86. The summed E-state index contributed by atoms with van der Waals surface area (Å²) in [5.41, 5.74) is 2.61. The molecule has 23 heavy (non-hydrogen) atoms. The number of rotatable bonds is 2. The highest BCUT2D eigenvalue weighted by Gasteiger charge is 2.27. The maximum atomic E-state index is 12.7. The van der Waals surface area contributed by atoms with E-state index < -0.39 is 0 Å². The molecule has 1 amide bonds. The summed E-state index contributed by atoms with van der Waals surface area (Å²) in [7, 11) is 2.14. The van der Waals surface area contributed by atoms with Gasteiger partial charge in [-0.1, -0.05) is 32.0 Å². The van der Waals surface area contributed by atoms with E-state index >= 15 is 0 Å². The first kappa shape index (κ1) is 16.3. The Morgan fingerprint density at radius 1 is 1.13 bits per heavy atom. The van der Waals surface area contributed by atoms with Crippen molar-refractivity contribution >= 4 is 11.6 Å². The van der Waals surface area contributed by atoms with Gasteiger partial charge in [0.1, 0.15) is 0 Å². The number of carbonyl (C=O) groups is 1. The van der Waals surface area contributed by atoms with Gasteiger partial charge in [-0.2, -0.15) is 0 Å². The Kier molecular flexibility index (Phi) is 4.90. The van der Waals surface area contributed by atoms with Gasteiger partial charge in [-0.3, -0.25) is 9.69 Å². The molecular formula is C19H29N3O. The van der Waals surface area contributed by atoms with E-state index in [0.29, 0.717) is 24.3 Å². The Balaban J connectivity index is 1.65. The number of piperidine rings is 1. The van der Waals surface area contributed by atoms with Gasteiger partial charge < -0.3 is 9.80 Å². The van der Waals surface area contributed by atoms with Crippen LogP contribution in [0.4, 0.5) is 5.69 Å². The van der Waals surface area contributed by atoms with E-state index in [4.69, 9.17) is 0 Å². The molecule has 0 bridgehead atoms. The van der Waals surface area contributed by atoms with E-state index in [1.165, 1.54) is 17.7 Å². The third-order valence-corrected chi connectivity index (χ3v) is 5.13. The van der Waals surface area contributed by atoms with Crippen LogP contribution in [0.5, 0.6) is 0 Å². The fourth-order valence-electron chi connectivity index (χ4n) is 4.04. The van der Waals surface area contributed by atoms with Crippen LogP contribution in [-0.4, -0.2) is 55.5 Å². The fraction of sp³-hybridized carbons (Fsp3) is 0.632. The average molecular weight is 315 g/mol. The van der Waals surface area contributed by atoms with Crippen molar-refractivity contribution in [3.05, 3.63) is 29.8 Å². The van der Waals surface area contributed by atoms with Crippen molar-refractivity contribution in [1.82, 2.24) is 9.80 Å². The number of carbonyl (C=O) groups excluding carboxylic acids is 1. The summed E-state index contributed by atoms with van der Waals surface area (Å²) >= 11 is 0. The molecule has 1 fully saturated rings. The molecule has 0 saturated carbocycles. The van der Waals surface area contributed by atoms with Gasteiger partial charge in [-0.25, -0.2) is 0 Å². The smallest absolute Gasteiger partial charge is 0.236 e. The Labute approximate surface area is 140 Å². The minimum Gasteiger partial charge on any atom is -0.373 e. The Bertz CT molecular complexity index is 549. The Hall–Kier alpha value is -1.55. The van der Waals surface area contributed by atoms with Crippen LogP contribution >= 0.6 is 0 Å². The van der Waals surface area contributed by atoms with Gasteiger partial charge in [-0.15, -0.1) is 0 Å². The van der Waals surface area contributed by atoms with Crippen LogP contribution < -0.4 is 4.90 Å². The van der Waals surface area contributed by atoms with Gasteiger partial charge in [0, 0.05) is 45.5 Å². The van der Waals surface area contributed by atoms with Gasteiger partial charge in [-0.05, 0) is 29.9 Å². The molecule has 2 atom stereocenters. The summed E-state index contributed by atoms with van der Waals surface area (Å²) in [6.45, 7) is 9.68. The highest BCUT2D eigenvalue weighted by Crippen LogP contribution is 2.24. The van der Waals surface area contributed by atoms with Crippen LogP contribution in [0.3, 0.4) is 0 Å². The predicted octanol–water partition coefficient (Wildman–Crippen LogP) is 2.44. The first-order valence-corrected chi connectivity index (χ1v) is 8.82. The number of anilines is 1. The lowest BCUT2D eigenvalue weighted by Gasteiger charge is -2.36. The lowest BCUT2D eigenvalue weighted by molar-refractivity contribution is -0.135. The van der Waals surface area contributed by atoms with Gasteiger partial charge in [0.15, 0.2) is 0 Å². The SMILES string of the molecule is CC1CC(C)CN(C(=O)CN2CCN(C)c3ccccc3C2)C1. The van der Waals surface area contributed by atoms with Crippen molar-refractivity contribution in [2.45, 2.75) is 26.8 Å². The Morgan fingerprint density at radius 3 is 2.57 bits per heavy atom. The molecular weight excluding hydrogens is 286 g/mol. The average Bonchev–Trinajstić information content (AvgIpc) is 2.66. The van der Waals surface area contributed by atoms with E-state index in [9.17, 15) is 4.79 Å². The van der Waals surface area contributed by atoms with E-state index in [-0.39, 0.29) is 0 Å². The summed E-state index contributed by atoms with van der Waals surface area (Å²) in [6.07, 6.45) is 1.24. The fourth-order valence-corrected chi connectivity index (χ4v) is 4.04. The Morgan fingerprint density at radius 2 is 1.83 bits per heavy atom. The molecule has 1 aromatic rings. The molecule has 0 radical (unpaired) electrons. The summed E-state index contributed by atoms with van der Waals surface area (Å²) < 4.78 is 0. The number of fused-ring (bicyclic) bond motifs is 1. The number of benzene rings is 1. The number of hydrogen-bond acceptors (Lipinski definition) is 3. The number of amides is 1. The van der Waals surface area contributed by atoms with Crippen molar-refractivity contribution in [1.29, 1.82) is 0 Å². The number of likely N-dealkylation sites (tertiary alicyclic amines) is 1. The van der Waals surface area contributed by atoms with E-state index in [2.05, 4.69) is 59.9 Å². The quantitative estimate of drug-likeness (QED) is 0.839. The maximum Gasteiger partial charge on any atom is 0.236 e. The number of hydrogen-bond donors (Lipinski definition) is 0. The molecule has 1 saturated heterocycles. The zero-order valence-corrected chi connectivity index (χ0v) is 14.7. The summed E-state index contributed by atoms with van der Waals surface area (Å²) in [4.78, 5) is 19.4. The van der Waals surface area contributed by atoms with Crippen molar-refractivity contribution in [2.24, 2.45) is 11.8 Å². The van der Waals surface area contributed by atoms with Gasteiger partial charge in [0.2, 0.25) is 5.91 Å². The van der Waals surface area contributed by atoms with E-state index in [0.717, 1.165) is 32.7 Å². The van der Waals surface area contributed by atoms with Gasteiger partial charge >= 0.3 is 0 Å². The third-order valence-electron chi connectivity index (χ3n) is 5.13. The molecule has 1 aromatic carbocycles. The van der Waals surface area contributed by atoms with Crippen LogP contribution in [0, 0.1) is 11.8 Å². The lowest BCUT2D eigenvalue weighted by Crippen LogP contribution is -2.47. The molecule has 2 heterocycles. The predicted molar refractivity (Wildman–Crippen MR) is 94.5 cm³/mol. The van der Waals surface area contributed by atoms with Crippen molar-refractivity contribution in [3.63, 3.8) is 0 Å². The minimum atomic E-state index is 0.297. The number of para-hydroxylation sites is 1. The molecule has 4 heteroatoms. The van der Waals surface area contributed by atoms with Crippen LogP contribution in [0.15, 0.2) is 24.3 Å². The molecule has 2 unspecified atom stereocenters. The second-order valence-electron chi connectivity index (χ2n) is 7.51. The second kappa shape index (κ2) is 6.91. The molecule has 0 spiro atoms. The van der Waals surface area contributed by atoms with Crippen molar-refractivity contribution in [2.75, 3.05) is 44.7 Å². The first-order chi connectivity index (χ1) is 11.0. The van der Waals surface area contributed by atoms with E-state index in [1.807, 2.05) is 0 Å². The van der Waals surface area contributed by atoms with Crippen LogP contribution in [0.25, 0.3) is 0 Å². The van der Waals surface area contributed by atoms with Crippen LogP contribution in [0.2, 0.25) is 0 Å². The molecule has 4 nitrogen and oxygen atoms in total. The van der Waals surface area contributed by atoms with Gasteiger partial charge in [0.05, 0.1) is 6.54 Å². The monoisotopic (exact) mass is 315 g/mol. The minimum absolute atomic E-state index is 0.297. The largest absolute Gasteiger partial charge is 0.373 e. The highest BCUT2D eigenvalue weighted by atomic mass is 16.2. The van der Waals surface area contributed by atoms with Gasteiger partial charge in [0.25, 0.3) is 0 Å². The van der Waals surface area contributed by atoms with Crippen LogP contribution in [0.1, 0.15) is 25.8 Å². The molecule has 3 rings (SSSR count). The zero-order chi connectivity index (χ0) is 16.4. The summed E-state index contributed by atoms with van der Waals surface area (Å²) in [5.74, 6) is 1.54. The molecule has 0 aromatic heterocycles. The summed E-state index contributed by atoms with van der Waals surface area (Å²) in [5, 5.41) is 0. The topological polar surface area (TPSA) is 26.8 Å². The number of nitrogens with zero attached hydrogens (tertiary/aromatic N) is 3. The van der Waals surface area contributed by atoms with Crippen molar-refractivity contribution in [3.8, 4) is 0 Å². The highest BCUT2D eigenvalue weighted by molar-refractivity contribution is 5.78. The molecule has 2 aliphatic rings. The molecule has 2 aliphatic heterocycles. The van der Waals surface area contributed by atoms with Crippen LogP contribution in [-0.2, 0) is 11.3 Å². The second-order valence-corrected chi connectivity index (χ2v) is 7.51. The standard InChI is InChI=1S/C19H29N3O/c1-15-10-16(2)12-22(11-15)19(23)14-21-9-8-20(3)18-7-5-4-6-17(18)13-21/h4-7,15-16H,8-14H2,1-3H3. The van der Waals surface area contributed by atoms with E-state index in [1.54, 1.807) is 0 Å². The molecule has 126 valence electrons. The summed E-state index contributed by atoms with van der Waals surface area (Å²) in [6, 6.07) is 8.53. The first-order valence-electron chi connectivity index (χ1n) is 8.82. The van der Waals surface area contributed by atoms with Crippen molar-refractivity contribution < 1.29 is 4.79 Å². The normalized spacial score (nSPS) is 25.9.